The number of hydrogen-bond acceptors (Lipinski definition) is 5. The van der Waals surface area contributed by atoms with Crippen LogP contribution < -0.4 is 5.32 Å². The highest BCUT2D eigenvalue weighted by Gasteiger charge is 2.10. The van der Waals surface area contributed by atoms with Crippen LogP contribution in [0, 0.1) is 11.3 Å². The van der Waals surface area contributed by atoms with Crippen LogP contribution in [0.2, 0.25) is 0 Å². The van der Waals surface area contributed by atoms with E-state index in [4.69, 9.17) is 5.26 Å². The van der Waals surface area contributed by atoms with E-state index in [2.05, 4.69) is 30.2 Å². The molecule has 1 heterocycles. The zero-order valence-corrected chi connectivity index (χ0v) is 16.7. The zero-order chi connectivity index (χ0) is 19.2. The molecule has 0 aliphatic rings. The van der Waals surface area contributed by atoms with E-state index in [1.54, 1.807) is 30.1 Å². The summed E-state index contributed by atoms with van der Waals surface area (Å²) in [6.45, 7) is 4.28. The minimum Gasteiger partial charge on any atom is -0.298 e. The summed E-state index contributed by atoms with van der Waals surface area (Å²) in [7, 11) is 0. The smallest absolute Gasteiger partial charge is 0.257 e. The first-order valence-corrected chi connectivity index (χ1v) is 10.2. The van der Waals surface area contributed by atoms with Crippen LogP contribution in [0.1, 0.15) is 40.2 Å². The summed E-state index contributed by atoms with van der Waals surface area (Å²) >= 11 is 3.23. The third-order valence-corrected chi connectivity index (χ3v) is 5.65. The van der Waals surface area contributed by atoms with Crippen molar-refractivity contribution in [2.24, 2.45) is 0 Å². The van der Waals surface area contributed by atoms with Crippen LogP contribution in [0.25, 0.3) is 0 Å². The molecule has 1 aromatic heterocycles. The molecule has 2 aromatic carbocycles. The summed E-state index contributed by atoms with van der Waals surface area (Å²) in [5.74, 6) is -0.157. The summed E-state index contributed by atoms with van der Waals surface area (Å²) in [6.07, 6.45) is 2.50. The van der Waals surface area contributed by atoms with E-state index in [1.807, 2.05) is 36.4 Å². The highest BCUT2D eigenvalue weighted by atomic mass is 32.2. The summed E-state index contributed by atoms with van der Waals surface area (Å²) in [5.41, 5.74) is 2.37. The molecular weight excluding hydrogens is 374 g/mol. The molecule has 136 valence electrons. The molecule has 3 rings (SSSR count). The number of benzene rings is 2. The number of carbonyl (C=O) groups is 1. The number of nitriles is 1. The maximum absolute atomic E-state index is 12.4. The van der Waals surface area contributed by atoms with Gasteiger partial charge in [-0.2, -0.15) is 5.26 Å². The molecule has 0 spiro atoms. The van der Waals surface area contributed by atoms with Gasteiger partial charge in [-0.05, 0) is 42.0 Å². The van der Waals surface area contributed by atoms with E-state index in [1.165, 1.54) is 11.3 Å². The molecule has 0 atom stereocenters. The number of anilines is 1. The Kier molecular flexibility index (Phi) is 6.28. The lowest BCUT2D eigenvalue weighted by atomic mass is 10.1. The maximum Gasteiger partial charge on any atom is 0.257 e. The number of thioether (sulfide) groups is 1. The fourth-order valence-electron chi connectivity index (χ4n) is 2.47. The van der Waals surface area contributed by atoms with Crippen molar-refractivity contribution in [1.82, 2.24) is 4.98 Å². The Morgan fingerprint density at radius 1 is 1.19 bits per heavy atom. The average Bonchev–Trinajstić information content (AvgIpc) is 3.09. The van der Waals surface area contributed by atoms with Gasteiger partial charge in [0.05, 0.1) is 11.6 Å². The number of rotatable bonds is 6. The first-order valence-electron chi connectivity index (χ1n) is 8.55. The number of thiazole rings is 1. The van der Waals surface area contributed by atoms with Crippen molar-refractivity contribution in [3.05, 3.63) is 76.3 Å². The Labute approximate surface area is 167 Å². The largest absolute Gasteiger partial charge is 0.298 e. The molecule has 0 unspecified atom stereocenters. The molecule has 27 heavy (non-hydrogen) atoms. The third-order valence-electron chi connectivity index (χ3n) is 3.72. The molecule has 0 radical (unpaired) electrons. The van der Waals surface area contributed by atoms with Gasteiger partial charge in [-0.1, -0.05) is 26.0 Å². The van der Waals surface area contributed by atoms with Crippen LogP contribution in [0.3, 0.4) is 0 Å². The van der Waals surface area contributed by atoms with Crippen LogP contribution in [-0.2, 0) is 6.42 Å². The molecule has 1 N–H and O–H groups in total. The van der Waals surface area contributed by atoms with E-state index >= 15 is 0 Å². The Morgan fingerprint density at radius 2 is 1.89 bits per heavy atom. The van der Waals surface area contributed by atoms with Gasteiger partial charge in [0.15, 0.2) is 5.13 Å². The van der Waals surface area contributed by atoms with Crippen molar-refractivity contribution < 1.29 is 4.79 Å². The first kappa shape index (κ1) is 19.2. The maximum atomic E-state index is 12.4. The van der Waals surface area contributed by atoms with Crippen molar-refractivity contribution in [2.45, 2.75) is 30.4 Å². The molecule has 3 aromatic rings. The predicted octanol–water partition coefficient (Wildman–Crippen LogP) is 5.36. The van der Waals surface area contributed by atoms with Gasteiger partial charge in [-0.3, -0.25) is 10.1 Å². The van der Waals surface area contributed by atoms with E-state index in [0.29, 0.717) is 21.5 Å². The molecule has 0 aliphatic heterocycles. The predicted molar refractivity (Wildman–Crippen MR) is 111 cm³/mol. The number of nitrogens with zero attached hydrogens (tertiary/aromatic N) is 2. The first-order chi connectivity index (χ1) is 13.0. The molecule has 0 saturated carbocycles. The van der Waals surface area contributed by atoms with Gasteiger partial charge < -0.3 is 0 Å². The summed E-state index contributed by atoms with van der Waals surface area (Å²) in [5, 5.41) is 12.8. The Balaban J connectivity index is 1.61. The Bertz CT molecular complexity index is 954. The molecule has 0 bridgehead atoms. The van der Waals surface area contributed by atoms with Crippen molar-refractivity contribution in [2.75, 3.05) is 5.32 Å². The fourth-order valence-corrected chi connectivity index (χ4v) is 4.15. The van der Waals surface area contributed by atoms with E-state index < -0.39 is 0 Å². The SMILES string of the molecule is CC(C)Sc1ccc(C(=O)Nc2ncc(Cc3ccc(C#N)cc3)s2)cc1. The normalized spacial score (nSPS) is 10.6. The monoisotopic (exact) mass is 393 g/mol. The van der Waals surface area contributed by atoms with Gasteiger partial charge in [0.2, 0.25) is 0 Å². The second kappa shape index (κ2) is 8.85. The minimum absolute atomic E-state index is 0.157. The molecule has 1 amide bonds. The zero-order valence-electron chi connectivity index (χ0n) is 15.1. The van der Waals surface area contributed by atoms with Crippen molar-refractivity contribution in [3.8, 4) is 6.07 Å². The van der Waals surface area contributed by atoms with Gasteiger partial charge >= 0.3 is 0 Å². The number of aromatic nitrogens is 1. The fraction of sp³-hybridized carbons (Fsp3) is 0.190. The highest BCUT2D eigenvalue weighted by molar-refractivity contribution is 7.99. The van der Waals surface area contributed by atoms with Gasteiger partial charge in [-0.25, -0.2) is 4.98 Å². The third kappa shape index (κ3) is 5.43. The van der Waals surface area contributed by atoms with Gasteiger partial charge in [0.25, 0.3) is 5.91 Å². The highest BCUT2D eigenvalue weighted by Crippen LogP contribution is 2.24. The van der Waals surface area contributed by atoms with E-state index in [0.717, 1.165) is 21.8 Å². The van der Waals surface area contributed by atoms with Gasteiger partial charge in [0, 0.05) is 33.2 Å². The lowest BCUT2D eigenvalue weighted by Crippen LogP contribution is -2.11. The van der Waals surface area contributed by atoms with E-state index in [9.17, 15) is 4.79 Å². The molecule has 0 aliphatic carbocycles. The number of amides is 1. The number of nitrogens with one attached hydrogen (secondary N) is 1. The van der Waals surface area contributed by atoms with E-state index in [-0.39, 0.29) is 5.91 Å². The summed E-state index contributed by atoms with van der Waals surface area (Å²) in [4.78, 5) is 18.9. The molecule has 0 fully saturated rings. The van der Waals surface area contributed by atoms with Gasteiger partial charge in [-0.15, -0.1) is 23.1 Å². The second-order valence-corrected chi connectivity index (χ2v) is 9.03. The van der Waals surface area contributed by atoms with Crippen LogP contribution >= 0.6 is 23.1 Å². The average molecular weight is 394 g/mol. The van der Waals surface area contributed by atoms with Crippen molar-refractivity contribution >= 4 is 34.1 Å². The Morgan fingerprint density at radius 3 is 2.52 bits per heavy atom. The van der Waals surface area contributed by atoms with Crippen LogP contribution in [0.15, 0.2) is 59.6 Å². The molecule has 4 nitrogen and oxygen atoms in total. The standard InChI is InChI=1S/C21H19N3OS2/c1-14(2)26-18-9-7-17(8-10-18)20(25)24-21-23-13-19(27-21)11-15-3-5-16(12-22)6-4-15/h3-10,13-14H,11H2,1-2H3,(H,23,24,25). The van der Waals surface area contributed by atoms with Crippen molar-refractivity contribution in [1.29, 1.82) is 5.26 Å². The lowest BCUT2D eigenvalue weighted by Gasteiger charge is -2.06. The molecule has 6 heteroatoms. The van der Waals surface area contributed by atoms with Crippen LogP contribution in [0.4, 0.5) is 5.13 Å². The molecule has 0 saturated heterocycles. The Hall–Kier alpha value is -2.62. The minimum atomic E-state index is -0.157. The summed E-state index contributed by atoms with van der Waals surface area (Å²) in [6, 6.07) is 17.2. The molecular formula is C21H19N3OS2. The van der Waals surface area contributed by atoms with Crippen LogP contribution in [-0.4, -0.2) is 16.1 Å². The second-order valence-electron chi connectivity index (χ2n) is 6.26. The topological polar surface area (TPSA) is 65.8 Å². The summed E-state index contributed by atoms with van der Waals surface area (Å²) < 4.78 is 0. The number of carbonyl (C=O) groups excluding carboxylic acids is 1. The van der Waals surface area contributed by atoms with Crippen LogP contribution in [0.5, 0.6) is 0 Å². The lowest BCUT2D eigenvalue weighted by molar-refractivity contribution is 0.102. The van der Waals surface area contributed by atoms with Crippen molar-refractivity contribution in [3.63, 3.8) is 0 Å². The quantitative estimate of drug-likeness (QED) is 0.573. The number of hydrogen-bond donors (Lipinski definition) is 1. The van der Waals surface area contributed by atoms with Gasteiger partial charge in [0.1, 0.15) is 0 Å².